The van der Waals surface area contributed by atoms with Gasteiger partial charge in [0.1, 0.15) is 0 Å². The van der Waals surface area contributed by atoms with Crippen molar-refractivity contribution in [1.82, 2.24) is 5.32 Å². The van der Waals surface area contributed by atoms with Crippen LogP contribution in [-0.4, -0.2) is 5.91 Å². The quantitative estimate of drug-likeness (QED) is 0.659. The molecule has 1 aromatic rings. The van der Waals surface area contributed by atoms with Crippen LogP contribution >= 0.6 is 0 Å². The molecule has 1 heterocycles. The Labute approximate surface area is 83.3 Å². The summed E-state index contributed by atoms with van der Waals surface area (Å²) in [6, 6.07) is 8.77. The smallest absolute Gasteiger partial charge is 0.220 e. The second-order valence-corrected chi connectivity index (χ2v) is 4.25. The molecule has 72 valence electrons. The summed E-state index contributed by atoms with van der Waals surface area (Å²) in [5.41, 5.74) is 2.76. The number of benzene rings is 1. The SMILES string of the molecule is O=C1C[C@@H]2CCc3ccccc3[C@@H]2N1. The van der Waals surface area contributed by atoms with Crippen LogP contribution < -0.4 is 5.32 Å². The summed E-state index contributed by atoms with van der Waals surface area (Å²) in [6.45, 7) is 0. The molecule has 0 bridgehead atoms. The van der Waals surface area contributed by atoms with Crippen LogP contribution in [0.3, 0.4) is 0 Å². The second-order valence-electron chi connectivity index (χ2n) is 4.25. The molecule has 0 spiro atoms. The number of hydrogen-bond acceptors (Lipinski definition) is 1. The van der Waals surface area contributed by atoms with Crippen LogP contribution in [0.25, 0.3) is 0 Å². The van der Waals surface area contributed by atoms with Crippen LogP contribution in [0.5, 0.6) is 0 Å². The Kier molecular flexibility index (Phi) is 1.63. The van der Waals surface area contributed by atoms with Gasteiger partial charge in [-0.25, -0.2) is 0 Å². The van der Waals surface area contributed by atoms with Crippen LogP contribution in [0.15, 0.2) is 24.3 Å². The van der Waals surface area contributed by atoms with Crippen LogP contribution in [0, 0.1) is 5.92 Å². The molecule has 14 heavy (non-hydrogen) atoms. The number of carbonyl (C=O) groups is 1. The fourth-order valence-electron chi connectivity index (χ4n) is 2.71. The van der Waals surface area contributed by atoms with Gasteiger partial charge in [-0.05, 0) is 29.9 Å². The highest BCUT2D eigenvalue weighted by molar-refractivity contribution is 5.79. The number of amides is 1. The minimum atomic E-state index is 0.219. The van der Waals surface area contributed by atoms with E-state index >= 15 is 0 Å². The fraction of sp³-hybridized carbons (Fsp3) is 0.417. The third-order valence-corrected chi connectivity index (χ3v) is 3.41. The van der Waals surface area contributed by atoms with Crippen LogP contribution in [0.1, 0.15) is 30.0 Å². The van der Waals surface area contributed by atoms with Crippen molar-refractivity contribution in [1.29, 1.82) is 0 Å². The standard InChI is InChI=1S/C12H13NO/c14-11-7-9-6-5-8-3-1-2-4-10(8)12(9)13-11/h1-4,9,12H,5-7H2,(H,13,14)/t9-,12+/m0/s1. The Balaban J connectivity index is 2.05. The number of nitrogens with one attached hydrogen (secondary N) is 1. The van der Waals surface area contributed by atoms with Crippen molar-refractivity contribution in [2.45, 2.75) is 25.3 Å². The zero-order valence-electron chi connectivity index (χ0n) is 7.99. The van der Waals surface area contributed by atoms with Gasteiger partial charge in [-0.1, -0.05) is 24.3 Å². The second kappa shape index (κ2) is 2.84. The van der Waals surface area contributed by atoms with Crippen molar-refractivity contribution in [3.8, 4) is 0 Å². The third kappa shape index (κ3) is 1.07. The number of carbonyl (C=O) groups excluding carboxylic acids is 1. The maximum Gasteiger partial charge on any atom is 0.220 e. The van der Waals surface area contributed by atoms with Gasteiger partial charge in [-0.3, -0.25) is 4.79 Å². The number of hydrogen-bond donors (Lipinski definition) is 1. The zero-order valence-corrected chi connectivity index (χ0v) is 7.99. The van der Waals surface area contributed by atoms with Gasteiger partial charge in [0.15, 0.2) is 0 Å². The Hall–Kier alpha value is -1.31. The summed E-state index contributed by atoms with van der Waals surface area (Å²) in [7, 11) is 0. The molecule has 1 aliphatic carbocycles. The molecule has 1 N–H and O–H groups in total. The highest BCUT2D eigenvalue weighted by Crippen LogP contribution is 2.39. The normalized spacial score (nSPS) is 29.3. The molecule has 2 heteroatoms. The largest absolute Gasteiger partial charge is 0.349 e. The average molecular weight is 187 g/mol. The van der Waals surface area contributed by atoms with Crippen LogP contribution in [0.4, 0.5) is 0 Å². The molecular formula is C12H13NO. The molecule has 2 nitrogen and oxygen atoms in total. The summed E-state index contributed by atoms with van der Waals surface area (Å²) in [5, 5.41) is 3.07. The first kappa shape index (κ1) is 8.04. The Morgan fingerprint density at radius 2 is 2.14 bits per heavy atom. The fourth-order valence-corrected chi connectivity index (χ4v) is 2.71. The van der Waals surface area contributed by atoms with E-state index < -0.39 is 0 Å². The van der Waals surface area contributed by atoms with Crippen molar-refractivity contribution in [2.75, 3.05) is 0 Å². The van der Waals surface area contributed by atoms with E-state index in [4.69, 9.17) is 0 Å². The van der Waals surface area contributed by atoms with Gasteiger partial charge in [-0.2, -0.15) is 0 Å². The topological polar surface area (TPSA) is 29.1 Å². The molecule has 0 unspecified atom stereocenters. The molecule has 1 saturated heterocycles. The molecule has 1 amide bonds. The van der Waals surface area contributed by atoms with Gasteiger partial charge < -0.3 is 5.32 Å². The molecule has 1 fully saturated rings. The van der Waals surface area contributed by atoms with Gasteiger partial charge >= 0.3 is 0 Å². The summed E-state index contributed by atoms with van der Waals surface area (Å²) < 4.78 is 0. The van der Waals surface area contributed by atoms with E-state index in [1.807, 2.05) is 0 Å². The van der Waals surface area contributed by atoms with E-state index in [2.05, 4.69) is 29.6 Å². The monoisotopic (exact) mass is 187 g/mol. The number of aryl methyl sites for hydroxylation is 1. The van der Waals surface area contributed by atoms with Crippen molar-refractivity contribution in [3.05, 3.63) is 35.4 Å². The first-order chi connectivity index (χ1) is 6.84. The van der Waals surface area contributed by atoms with E-state index in [0.29, 0.717) is 12.0 Å². The highest BCUT2D eigenvalue weighted by Gasteiger charge is 2.36. The van der Waals surface area contributed by atoms with Gasteiger partial charge in [0.25, 0.3) is 0 Å². The van der Waals surface area contributed by atoms with Gasteiger partial charge in [0.05, 0.1) is 6.04 Å². The van der Waals surface area contributed by atoms with Gasteiger partial charge in [0.2, 0.25) is 5.91 Å². The van der Waals surface area contributed by atoms with Crippen molar-refractivity contribution < 1.29 is 4.79 Å². The summed E-state index contributed by atoms with van der Waals surface area (Å²) in [4.78, 5) is 11.3. The van der Waals surface area contributed by atoms with Crippen LogP contribution in [-0.2, 0) is 11.2 Å². The lowest BCUT2D eigenvalue weighted by Gasteiger charge is -2.27. The Morgan fingerprint density at radius 3 is 3.07 bits per heavy atom. The molecule has 0 radical (unpaired) electrons. The predicted molar refractivity (Wildman–Crippen MR) is 53.8 cm³/mol. The molecule has 0 aromatic heterocycles. The van der Waals surface area contributed by atoms with E-state index in [1.165, 1.54) is 11.1 Å². The van der Waals surface area contributed by atoms with Gasteiger partial charge in [-0.15, -0.1) is 0 Å². The minimum Gasteiger partial charge on any atom is -0.349 e. The average Bonchev–Trinajstić information content (AvgIpc) is 2.59. The van der Waals surface area contributed by atoms with Crippen LogP contribution in [0.2, 0.25) is 0 Å². The van der Waals surface area contributed by atoms with Gasteiger partial charge in [0, 0.05) is 6.42 Å². The molecule has 3 rings (SSSR count). The highest BCUT2D eigenvalue weighted by atomic mass is 16.2. The van der Waals surface area contributed by atoms with Crippen molar-refractivity contribution in [3.63, 3.8) is 0 Å². The first-order valence-corrected chi connectivity index (χ1v) is 5.22. The van der Waals surface area contributed by atoms with Crippen molar-refractivity contribution in [2.24, 2.45) is 5.92 Å². The minimum absolute atomic E-state index is 0.219. The lowest BCUT2D eigenvalue weighted by atomic mass is 9.81. The number of rotatable bonds is 0. The lowest BCUT2D eigenvalue weighted by molar-refractivity contribution is -0.119. The first-order valence-electron chi connectivity index (χ1n) is 5.22. The molecule has 0 saturated carbocycles. The molecular weight excluding hydrogens is 174 g/mol. The molecule has 1 aromatic carbocycles. The molecule has 2 atom stereocenters. The summed E-state index contributed by atoms with van der Waals surface area (Å²) in [5.74, 6) is 0.758. The van der Waals surface area contributed by atoms with E-state index in [9.17, 15) is 4.79 Å². The predicted octanol–water partition coefficient (Wildman–Crippen LogP) is 1.81. The van der Waals surface area contributed by atoms with E-state index in [1.54, 1.807) is 0 Å². The molecule has 2 aliphatic rings. The Bertz CT molecular complexity index is 386. The zero-order chi connectivity index (χ0) is 9.54. The lowest BCUT2D eigenvalue weighted by Crippen LogP contribution is -2.25. The summed E-state index contributed by atoms with van der Waals surface area (Å²) >= 11 is 0. The molecule has 1 aliphatic heterocycles. The van der Waals surface area contributed by atoms with E-state index in [-0.39, 0.29) is 5.91 Å². The van der Waals surface area contributed by atoms with E-state index in [0.717, 1.165) is 19.3 Å². The maximum absolute atomic E-state index is 11.3. The third-order valence-electron chi connectivity index (χ3n) is 3.41. The van der Waals surface area contributed by atoms with Crippen molar-refractivity contribution >= 4 is 5.91 Å². The Morgan fingerprint density at radius 1 is 1.29 bits per heavy atom. The number of fused-ring (bicyclic) bond motifs is 3. The summed E-state index contributed by atoms with van der Waals surface area (Å²) in [6.07, 6.45) is 3.01. The maximum atomic E-state index is 11.3.